The molecular weight excluding hydrogens is 550 g/mol. The third-order valence-electron chi connectivity index (χ3n) is 7.38. The number of hydrogen-bond acceptors (Lipinski definition) is 9. The molecular formula is C27H49N3O8Si2. The van der Waals surface area contributed by atoms with Crippen molar-refractivity contribution in [3.8, 4) is 0 Å². The van der Waals surface area contributed by atoms with Crippen molar-refractivity contribution in [2.75, 3.05) is 26.9 Å². The Bertz CT molecular complexity index is 1000. The van der Waals surface area contributed by atoms with Crippen LogP contribution in [0.5, 0.6) is 0 Å². The lowest BCUT2D eigenvalue weighted by atomic mass is 10.3. The number of amides is 1. The first-order valence-corrected chi connectivity index (χ1v) is 18.2. The Morgan fingerprint density at radius 1 is 1.00 bits per heavy atom. The molecule has 1 aliphatic heterocycles. The van der Waals surface area contributed by atoms with E-state index in [1.54, 1.807) is 19.2 Å². The van der Waals surface area contributed by atoms with Gasteiger partial charge in [0.1, 0.15) is 12.7 Å². The molecule has 40 heavy (non-hydrogen) atoms. The van der Waals surface area contributed by atoms with Gasteiger partial charge in [-0.1, -0.05) is 55.4 Å². The van der Waals surface area contributed by atoms with Crippen LogP contribution in [-0.4, -0.2) is 71.5 Å². The van der Waals surface area contributed by atoms with Crippen molar-refractivity contribution >= 4 is 29.0 Å². The normalized spacial score (nSPS) is 18.6. The summed E-state index contributed by atoms with van der Waals surface area (Å²) in [6.07, 6.45) is -0.0326. The van der Waals surface area contributed by atoms with E-state index in [2.05, 4.69) is 65.7 Å². The summed E-state index contributed by atoms with van der Waals surface area (Å²) in [4.78, 5) is 40.8. The first-order valence-electron chi connectivity index (χ1n) is 14.2. The van der Waals surface area contributed by atoms with Gasteiger partial charge in [0.15, 0.2) is 6.23 Å². The molecule has 0 aliphatic carbocycles. The van der Waals surface area contributed by atoms with E-state index >= 15 is 0 Å². The summed E-state index contributed by atoms with van der Waals surface area (Å²) >= 11 is 0. The summed E-state index contributed by atoms with van der Waals surface area (Å²) in [5.74, 6) is -0.832. The second kappa shape index (κ2) is 14.8. The number of aryl methyl sites for hydroxylation is 1. The fourth-order valence-corrected chi connectivity index (χ4v) is 16.2. The topological polar surface area (TPSA) is 127 Å². The SMILES string of the molecule is CNC(=O)CCC(=O)OCC(OC1CO[Si](C(C)C)(C(C)C)O[Si](C(C)C)(C(C)C)OC1)n1ccc(C)nc1=O. The van der Waals surface area contributed by atoms with E-state index < -0.39 is 41.1 Å². The van der Waals surface area contributed by atoms with Gasteiger partial charge in [-0.2, -0.15) is 4.98 Å². The Balaban J connectivity index is 2.40. The van der Waals surface area contributed by atoms with Crippen molar-refractivity contribution in [2.45, 2.75) is 110 Å². The van der Waals surface area contributed by atoms with Crippen molar-refractivity contribution < 1.29 is 32.0 Å². The van der Waals surface area contributed by atoms with Gasteiger partial charge in [-0.05, 0) is 35.2 Å². The predicted molar refractivity (Wildman–Crippen MR) is 156 cm³/mol. The number of aromatic nitrogens is 2. The third-order valence-corrected chi connectivity index (χ3v) is 17.6. The molecule has 1 aliphatic rings. The quantitative estimate of drug-likeness (QED) is 0.279. The maximum Gasteiger partial charge on any atom is 0.350 e. The lowest BCUT2D eigenvalue weighted by Crippen LogP contribution is -2.64. The second-order valence-corrected chi connectivity index (χ2v) is 20.5. The lowest BCUT2D eigenvalue weighted by molar-refractivity contribution is -0.160. The van der Waals surface area contributed by atoms with E-state index in [-0.39, 0.29) is 60.7 Å². The summed E-state index contributed by atoms with van der Waals surface area (Å²) in [6, 6.07) is 1.69. The molecule has 13 heteroatoms. The summed E-state index contributed by atoms with van der Waals surface area (Å²) in [5.41, 5.74) is 0.705. The van der Waals surface area contributed by atoms with Gasteiger partial charge in [-0.25, -0.2) is 4.79 Å². The van der Waals surface area contributed by atoms with E-state index in [9.17, 15) is 14.4 Å². The Labute approximate surface area is 240 Å². The van der Waals surface area contributed by atoms with E-state index in [1.807, 2.05) is 0 Å². The number of carbonyl (C=O) groups is 2. The van der Waals surface area contributed by atoms with Crippen LogP contribution < -0.4 is 11.0 Å². The fraction of sp³-hybridized carbons (Fsp3) is 0.778. The minimum atomic E-state index is -2.78. The molecule has 1 fully saturated rings. The van der Waals surface area contributed by atoms with Gasteiger partial charge >= 0.3 is 28.8 Å². The molecule has 0 bridgehead atoms. The van der Waals surface area contributed by atoms with Crippen LogP contribution in [0.25, 0.3) is 0 Å². The van der Waals surface area contributed by atoms with Crippen LogP contribution in [0.15, 0.2) is 17.1 Å². The summed E-state index contributed by atoms with van der Waals surface area (Å²) in [6.45, 7) is 19.0. The molecule has 1 unspecified atom stereocenters. The number of hydrogen-bond donors (Lipinski definition) is 1. The average Bonchev–Trinajstić information content (AvgIpc) is 2.86. The molecule has 1 atom stereocenters. The molecule has 1 aromatic rings. The van der Waals surface area contributed by atoms with Crippen LogP contribution in [0.1, 0.15) is 80.2 Å². The van der Waals surface area contributed by atoms with Crippen molar-refractivity contribution in [3.63, 3.8) is 0 Å². The number of rotatable bonds is 12. The zero-order valence-electron chi connectivity index (χ0n) is 25.8. The number of ether oxygens (including phenoxy) is 2. The standard InChI is InChI=1S/C27H49N3O8Si2/c1-18(2)39(19(3)4)35-15-23(16-36-40(38-39,20(5)6)21(7)8)37-25(30-14-13-22(9)29-27(30)33)17-34-26(32)12-11-24(31)28-10/h13-14,18-21,23,25H,11-12,15-17H2,1-10H3,(H,28,31). The molecule has 0 spiro atoms. The van der Waals surface area contributed by atoms with E-state index in [0.717, 1.165) is 0 Å². The average molecular weight is 600 g/mol. The first-order chi connectivity index (χ1) is 18.7. The Morgan fingerprint density at radius 3 is 1.98 bits per heavy atom. The second-order valence-electron chi connectivity index (χ2n) is 11.6. The fourth-order valence-electron chi connectivity index (χ4n) is 5.05. The molecule has 1 amide bonds. The molecule has 0 aromatic carbocycles. The van der Waals surface area contributed by atoms with Gasteiger partial charge in [0.05, 0.1) is 19.6 Å². The summed E-state index contributed by atoms with van der Waals surface area (Å²) in [5, 5.41) is 2.48. The Hall–Kier alpha value is -1.91. The predicted octanol–water partition coefficient (Wildman–Crippen LogP) is 4.09. The Kier molecular flexibility index (Phi) is 12.7. The molecule has 1 aromatic heterocycles. The molecule has 2 heterocycles. The van der Waals surface area contributed by atoms with Crippen molar-refractivity contribution in [1.82, 2.24) is 14.9 Å². The van der Waals surface area contributed by atoms with Crippen LogP contribution in [0.2, 0.25) is 22.2 Å². The van der Waals surface area contributed by atoms with Gasteiger partial charge in [0.25, 0.3) is 0 Å². The summed E-state index contributed by atoms with van der Waals surface area (Å²) < 4.78 is 33.8. The van der Waals surface area contributed by atoms with Crippen molar-refractivity contribution in [3.05, 3.63) is 28.4 Å². The molecule has 11 nitrogen and oxygen atoms in total. The highest BCUT2D eigenvalue weighted by Gasteiger charge is 2.57. The van der Waals surface area contributed by atoms with Crippen molar-refractivity contribution in [2.24, 2.45) is 0 Å². The van der Waals surface area contributed by atoms with E-state index in [1.165, 1.54) is 11.6 Å². The molecule has 2 rings (SSSR count). The number of nitrogens with zero attached hydrogens (tertiary/aromatic N) is 2. The van der Waals surface area contributed by atoms with Crippen molar-refractivity contribution in [1.29, 1.82) is 0 Å². The van der Waals surface area contributed by atoms with Crippen LogP contribution in [0.3, 0.4) is 0 Å². The van der Waals surface area contributed by atoms with Crippen LogP contribution in [-0.2, 0) is 32.0 Å². The molecule has 0 radical (unpaired) electrons. The maximum absolute atomic E-state index is 12.8. The highest BCUT2D eigenvalue weighted by atomic mass is 28.5. The van der Waals surface area contributed by atoms with Crippen LogP contribution >= 0.6 is 0 Å². The zero-order valence-corrected chi connectivity index (χ0v) is 27.8. The smallest absolute Gasteiger partial charge is 0.350 e. The third kappa shape index (κ3) is 8.32. The van der Waals surface area contributed by atoms with E-state index in [0.29, 0.717) is 5.69 Å². The molecule has 228 valence electrons. The number of esters is 1. The highest BCUT2D eigenvalue weighted by Crippen LogP contribution is 2.45. The minimum Gasteiger partial charge on any atom is -0.461 e. The maximum atomic E-state index is 12.8. The monoisotopic (exact) mass is 599 g/mol. The Morgan fingerprint density at radius 2 is 1.52 bits per heavy atom. The van der Waals surface area contributed by atoms with Gasteiger partial charge in [-0.15, -0.1) is 0 Å². The van der Waals surface area contributed by atoms with E-state index in [4.69, 9.17) is 22.4 Å². The summed E-state index contributed by atoms with van der Waals surface area (Å²) in [7, 11) is -4.06. The van der Waals surface area contributed by atoms with Gasteiger partial charge in [0.2, 0.25) is 5.91 Å². The number of carbonyl (C=O) groups excluding carboxylic acids is 2. The van der Waals surface area contributed by atoms with Crippen LogP contribution in [0, 0.1) is 6.92 Å². The highest BCUT2D eigenvalue weighted by molar-refractivity contribution is 6.83. The van der Waals surface area contributed by atoms with Crippen LogP contribution in [0.4, 0.5) is 0 Å². The zero-order chi connectivity index (χ0) is 30.3. The molecule has 0 saturated carbocycles. The molecule has 1 saturated heterocycles. The van der Waals surface area contributed by atoms with Gasteiger partial charge in [0, 0.05) is 25.4 Å². The minimum absolute atomic E-state index is 0.00538. The molecule has 1 N–H and O–H groups in total. The lowest BCUT2D eigenvalue weighted by Gasteiger charge is -2.50. The number of nitrogens with one attached hydrogen (secondary N) is 1. The van der Waals surface area contributed by atoms with Gasteiger partial charge < -0.3 is 27.8 Å². The van der Waals surface area contributed by atoms with Gasteiger partial charge in [-0.3, -0.25) is 14.2 Å². The largest absolute Gasteiger partial charge is 0.461 e. The first kappa shape index (κ1) is 34.3.